The highest BCUT2D eigenvalue weighted by atomic mass is 32.2. The first-order chi connectivity index (χ1) is 9.77. The topological polar surface area (TPSA) is 87.9 Å². The molecule has 7 nitrogen and oxygen atoms in total. The molecule has 1 fully saturated rings. The van der Waals surface area contributed by atoms with Crippen molar-refractivity contribution in [3.8, 4) is 5.75 Å². The minimum Gasteiger partial charge on any atom is -0.484 e. The highest BCUT2D eigenvalue weighted by Gasteiger charge is 2.33. The smallest absolute Gasteiger partial charge is 0.416 e. The van der Waals surface area contributed by atoms with Crippen LogP contribution in [0.1, 0.15) is 5.56 Å². The summed E-state index contributed by atoms with van der Waals surface area (Å²) in [5.74, 6) is -0.339. The molecule has 0 amide bonds. The average Bonchev–Trinajstić information content (AvgIpc) is 2.80. The molecule has 0 radical (unpaired) electrons. The van der Waals surface area contributed by atoms with E-state index in [9.17, 15) is 27.5 Å². The second-order valence-electron chi connectivity index (χ2n) is 3.96. The minimum absolute atomic E-state index is 0.0406. The van der Waals surface area contributed by atoms with Crippen LogP contribution >= 0.6 is 0 Å². The SMILES string of the molecule is O=[N+]([O-])c1cc(C(F)(F)F)ccc1OC[C@H]1CO[S@@](=O)O1. The van der Waals surface area contributed by atoms with E-state index in [-0.39, 0.29) is 19.0 Å². The van der Waals surface area contributed by atoms with Gasteiger partial charge in [0.25, 0.3) is 0 Å². The van der Waals surface area contributed by atoms with Crippen LogP contribution in [0.3, 0.4) is 0 Å². The average molecular weight is 327 g/mol. The highest BCUT2D eigenvalue weighted by molar-refractivity contribution is 7.75. The molecular weight excluding hydrogens is 319 g/mol. The molecule has 116 valence electrons. The van der Waals surface area contributed by atoms with Gasteiger partial charge in [0, 0.05) is 6.07 Å². The number of alkyl halides is 3. The summed E-state index contributed by atoms with van der Waals surface area (Å²) >= 11 is -1.90. The van der Waals surface area contributed by atoms with E-state index in [2.05, 4.69) is 4.18 Å². The lowest BCUT2D eigenvalue weighted by atomic mass is 10.2. The predicted molar refractivity (Wildman–Crippen MR) is 62.6 cm³/mol. The Kier molecular flexibility index (Phi) is 4.44. The third-order valence-corrected chi connectivity index (χ3v) is 3.23. The lowest BCUT2D eigenvalue weighted by molar-refractivity contribution is -0.386. The first-order valence-electron chi connectivity index (χ1n) is 5.48. The van der Waals surface area contributed by atoms with Crippen LogP contribution in [0.4, 0.5) is 18.9 Å². The van der Waals surface area contributed by atoms with Crippen molar-refractivity contribution in [3.05, 3.63) is 33.9 Å². The van der Waals surface area contributed by atoms with Gasteiger partial charge >= 0.3 is 23.2 Å². The van der Waals surface area contributed by atoms with Crippen molar-refractivity contribution >= 4 is 17.0 Å². The van der Waals surface area contributed by atoms with Crippen molar-refractivity contribution in [2.24, 2.45) is 0 Å². The molecule has 1 aromatic rings. The van der Waals surface area contributed by atoms with Gasteiger partial charge in [0.2, 0.25) is 0 Å². The molecule has 11 heteroatoms. The number of hydrogen-bond donors (Lipinski definition) is 0. The third kappa shape index (κ3) is 3.89. The van der Waals surface area contributed by atoms with E-state index in [4.69, 9.17) is 8.92 Å². The Morgan fingerprint density at radius 2 is 2.19 bits per heavy atom. The van der Waals surface area contributed by atoms with Crippen molar-refractivity contribution < 1.29 is 35.4 Å². The summed E-state index contributed by atoms with van der Waals surface area (Å²) in [6, 6.07) is 1.92. The van der Waals surface area contributed by atoms with Gasteiger partial charge in [-0.15, -0.1) is 0 Å². The van der Waals surface area contributed by atoms with Crippen molar-refractivity contribution in [1.82, 2.24) is 0 Å². The van der Waals surface area contributed by atoms with Crippen molar-refractivity contribution in [2.75, 3.05) is 13.2 Å². The molecule has 0 saturated carbocycles. The molecule has 1 aromatic carbocycles. The van der Waals surface area contributed by atoms with E-state index in [1.54, 1.807) is 0 Å². The van der Waals surface area contributed by atoms with Crippen LogP contribution in [0, 0.1) is 10.1 Å². The maximum atomic E-state index is 12.5. The zero-order valence-corrected chi connectivity index (χ0v) is 11.0. The largest absolute Gasteiger partial charge is 0.484 e. The van der Waals surface area contributed by atoms with Crippen LogP contribution < -0.4 is 4.74 Å². The second kappa shape index (κ2) is 5.95. The summed E-state index contributed by atoms with van der Waals surface area (Å²) in [4.78, 5) is 9.83. The number of nitrogens with zero attached hydrogens (tertiary/aromatic N) is 1. The van der Waals surface area contributed by atoms with Crippen LogP contribution in [0.25, 0.3) is 0 Å². The lowest BCUT2D eigenvalue weighted by Gasteiger charge is -2.11. The van der Waals surface area contributed by atoms with Crippen molar-refractivity contribution in [2.45, 2.75) is 12.3 Å². The number of hydrogen-bond acceptors (Lipinski definition) is 6. The minimum atomic E-state index is -4.69. The van der Waals surface area contributed by atoms with Crippen LogP contribution in [0.2, 0.25) is 0 Å². The Labute approximate surface area is 118 Å². The summed E-state index contributed by atoms with van der Waals surface area (Å²) in [7, 11) is 0. The zero-order chi connectivity index (χ0) is 15.6. The first kappa shape index (κ1) is 15.7. The van der Waals surface area contributed by atoms with Gasteiger partial charge in [-0.3, -0.25) is 18.5 Å². The summed E-state index contributed by atoms with van der Waals surface area (Å²) < 4.78 is 62.7. The molecule has 1 heterocycles. The fourth-order valence-electron chi connectivity index (χ4n) is 1.52. The predicted octanol–water partition coefficient (Wildman–Crippen LogP) is 1.99. The number of benzene rings is 1. The third-order valence-electron chi connectivity index (χ3n) is 2.47. The van der Waals surface area contributed by atoms with Gasteiger partial charge in [-0.2, -0.15) is 17.4 Å². The summed E-state index contributed by atoms with van der Waals surface area (Å²) in [5, 5.41) is 10.8. The van der Waals surface area contributed by atoms with Crippen LogP contribution in [0.15, 0.2) is 18.2 Å². The molecule has 2 atom stereocenters. The number of rotatable bonds is 4. The molecule has 1 aliphatic rings. The van der Waals surface area contributed by atoms with Crippen LogP contribution in [0.5, 0.6) is 5.75 Å². The second-order valence-corrected chi connectivity index (χ2v) is 4.79. The first-order valence-corrected chi connectivity index (χ1v) is 6.48. The molecule has 0 bridgehead atoms. The molecule has 0 N–H and O–H groups in total. The van der Waals surface area contributed by atoms with Gasteiger partial charge in [-0.25, -0.2) is 0 Å². The Morgan fingerprint density at radius 1 is 1.48 bits per heavy atom. The molecule has 0 aliphatic carbocycles. The maximum Gasteiger partial charge on any atom is 0.416 e. The standard InChI is InChI=1S/C10H8F3NO6S/c11-10(12,13)6-1-2-9(8(3-6)14(15)16)18-4-7-5-19-21(17)20-7/h1-3,7H,4-5H2/t7-,21+/m0/s1. The number of nitro groups is 1. The maximum absolute atomic E-state index is 12.5. The summed E-state index contributed by atoms with van der Waals surface area (Å²) in [6.07, 6.45) is -5.41. The highest BCUT2D eigenvalue weighted by Crippen LogP contribution is 2.36. The monoisotopic (exact) mass is 327 g/mol. The summed E-state index contributed by atoms with van der Waals surface area (Å²) in [6.45, 7) is -0.279. The van der Waals surface area contributed by atoms with E-state index < -0.39 is 39.8 Å². The summed E-state index contributed by atoms with van der Waals surface area (Å²) in [5.41, 5.74) is -1.96. The van der Waals surface area contributed by atoms with Gasteiger partial charge in [0.05, 0.1) is 17.1 Å². The van der Waals surface area contributed by atoms with Gasteiger partial charge < -0.3 is 4.74 Å². The van der Waals surface area contributed by atoms with Crippen LogP contribution in [-0.4, -0.2) is 28.4 Å². The van der Waals surface area contributed by atoms with E-state index in [1.165, 1.54) is 0 Å². The van der Waals surface area contributed by atoms with E-state index >= 15 is 0 Å². The zero-order valence-electron chi connectivity index (χ0n) is 10.2. The molecular formula is C10H8F3NO6S. The van der Waals surface area contributed by atoms with Gasteiger partial charge in [0.15, 0.2) is 5.75 Å². The Morgan fingerprint density at radius 3 is 2.71 bits per heavy atom. The molecule has 2 rings (SSSR count). The molecule has 0 aromatic heterocycles. The van der Waals surface area contributed by atoms with Gasteiger partial charge in [0.1, 0.15) is 12.7 Å². The Balaban J connectivity index is 2.15. The lowest BCUT2D eigenvalue weighted by Crippen LogP contribution is -2.20. The normalized spacial score (nSPS) is 22.2. The van der Waals surface area contributed by atoms with Crippen molar-refractivity contribution in [3.63, 3.8) is 0 Å². The van der Waals surface area contributed by atoms with E-state index in [1.807, 2.05) is 0 Å². The number of ether oxygens (including phenoxy) is 1. The number of nitro benzene ring substituents is 1. The fraction of sp³-hybridized carbons (Fsp3) is 0.400. The quantitative estimate of drug-likeness (QED) is 0.621. The van der Waals surface area contributed by atoms with E-state index in [0.29, 0.717) is 12.1 Å². The molecule has 1 saturated heterocycles. The van der Waals surface area contributed by atoms with Gasteiger partial charge in [-0.05, 0) is 12.1 Å². The van der Waals surface area contributed by atoms with Crippen molar-refractivity contribution in [1.29, 1.82) is 0 Å². The molecule has 0 unspecified atom stereocenters. The molecule has 1 aliphatic heterocycles. The van der Waals surface area contributed by atoms with Crippen LogP contribution in [-0.2, 0) is 25.9 Å². The van der Waals surface area contributed by atoms with Gasteiger partial charge in [-0.1, -0.05) is 0 Å². The Hall–Kier alpha value is -1.72. The fourth-order valence-corrected chi connectivity index (χ4v) is 2.17. The molecule has 0 spiro atoms. The Bertz CT molecular complexity index is 578. The van der Waals surface area contributed by atoms with E-state index in [0.717, 1.165) is 6.07 Å². The number of halogens is 3. The molecule has 21 heavy (non-hydrogen) atoms.